The van der Waals surface area contributed by atoms with Gasteiger partial charge in [0.2, 0.25) is 0 Å². The van der Waals surface area contributed by atoms with E-state index in [1.54, 1.807) is 0 Å². The van der Waals surface area contributed by atoms with Gasteiger partial charge in [-0.25, -0.2) is 8.42 Å². The fourth-order valence-corrected chi connectivity index (χ4v) is 5.99. The zero-order valence-electron chi connectivity index (χ0n) is 12.2. The number of rotatable bonds is 5. The lowest BCUT2D eigenvalue weighted by molar-refractivity contribution is 0.253. The molecule has 0 aromatic heterocycles. The molecule has 1 aliphatic heterocycles. The van der Waals surface area contributed by atoms with Gasteiger partial charge in [-0.15, -0.1) is 0 Å². The van der Waals surface area contributed by atoms with Crippen molar-refractivity contribution in [2.75, 3.05) is 12.3 Å². The number of sulfone groups is 1. The highest BCUT2D eigenvalue weighted by Gasteiger charge is 2.39. The molecular weight excluding hydrogens is 258 g/mol. The molecule has 19 heavy (non-hydrogen) atoms. The van der Waals surface area contributed by atoms with Crippen LogP contribution in [0.3, 0.4) is 0 Å². The second-order valence-corrected chi connectivity index (χ2v) is 8.62. The summed E-state index contributed by atoms with van der Waals surface area (Å²) in [6.45, 7) is 3.10. The van der Waals surface area contributed by atoms with E-state index in [0.717, 1.165) is 32.2 Å². The lowest BCUT2D eigenvalue weighted by Gasteiger charge is -2.38. The van der Waals surface area contributed by atoms with Crippen molar-refractivity contribution in [2.24, 2.45) is 5.92 Å². The van der Waals surface area contributed by atoms with Gasteiger partial charge < -0.3 is 5.32 Å². The van der Waals surface area contributed by atoms with Gasteiger partial charge in [0.15, 0.2) is 9.84 Å². The molecule has 0 amide bonds. The molecule has 4 heteroatoms. The summed E-state index contributed by atoms with van der Waals surface area (Å²) >= 11 is 0. The first-order valence-electron chi connectivity index (χ1n) is 8.10. The smallest absolute Gasteiger partial charge is 0.154 e. The van der Waals surface area contributed by atoms with Gasteiger partial charge in [0.05, 0.1) is 11.0 Å². The summed E-state index contributed by atoms with van der Waals surface area (Å²) in [5.41, 5.74) is 0. The Bertz CT molecular complexity index is 360. The van der Waals surface area contributed by atoms with E-state index in [2.05, 4.69) is 12.2 Å². The van der Waals surface area contributed by atoms with E-state index < -0.39 is 9.84 Å². The van der Waals surface area contributed by atoms with Crippen LogP contribution in [0.5, 0.6) is 0 Å². The van der Waals surface area contributed by atoms with Crippen LogP contribution in [0.2, 0.25) is 0 Å². The molecule has 2 rings (SSSR count). The normalized spacial score (nSPS) is 30.1. The Morgan fingerprint density at radius 2 is 1.74 bits per heavy atom. The predicted molar refractivity (Wildman–Crippen MR) is 80.1 cm³/mol. The van der Waals surface area contributed by atoms with Crippen molar-refractivity contribution in [3.05, 3.63) is 0 Å². The fraction of sp³-hybridized carbons (Fsp3) is 1.00. The quantitative estimate of drug-likeness (QED) is 0.845. The summed E-state index contributed by atoms with van der Waals surface area (Å²) in [4.78, 5) is 0. The SMILES string of the molecule is CCCNC(C1CCCCC1)C1CCCCS1(=O)=O. The zero-order valence-corrected chi connectivity index (χ0v) is 13.1. The summed E-state index contributed by atoms with van der Waals surface area (Å²) in [5.74, 6) is 0.993. The van der Waals surface area contributed by atoms with Crippen LogP contribution in [0.1, 0.15) is 64.7 Å². The second kappa shape index (κ2) is 7.07. The molecule has 2 fully saturated rings. The molecule has 1 aliphatic carbocycles. The number of hydrogen-bond acceptors (Lipinski definition) is 3. The Balaban J connectivity index is 2.10. The Morgan fingerprint density at radius 3 is 2.37 bits per heavy atom. The van der Waals surface area contributed by atoms with Crippen molar-refractivity contribution in [2.45, 2.75) is 76.0 Å². The summed E-state index contributed by atoms with van der Waals surface area (Å²) in [5, 5.41) is 3.47. The molecule has 1 N–H and O–H groups in total. The highest BCUT2D eigenvalue weighted by molar-refractivity contribution is 7.92. The van der Waals surface area contributed by atoms with E-state index >= 15 is 0 Å². The molecule has 0 radical (unpaired) electrons. The van der Waals surface area contributed by atoms with Crippen LogP contribution < -0.4 is 5.32 Å². The lowest BCUT2D eigenvalue weighted by atomic mass is 9.81. The minimum Gasteiger partial charge on any atom is -0.312 e. The van der Waals surface area contributed by atoms with Crippen molar-refractivity contribution in [3.8, 4) is 0 Å². The van der Waals surface area contributed by atoms with Crippen LogP contribution in [0.15, 0.2) is 0 Å². The number of nitrogens with one attached hydrogen (secondary N) is 1. The van der Waals surface area contributed by atoms with Crippen molar-refractivity contribution < 1.29 is 8.42 Å². The maximum absolute atomic E-state index is 12.4. The van der Waals surface area contributed by atoms with Crippen molar-refractivity contribution in [3.63, 3.8) is 0 Å². The number of hydrogen-bond donors (Lipinski definition) is 1. The maximum Gasteiger partial charge on any atom is 0.154 e. The Hall–Kier alpha value is -0.0900. The molecule has 112 valence electrons. The minimum absolute atomic E-state index is 0.115. The molecule has 1 saturated heterocycles. The minimum atomic E-state index is -2.87. The molecule has 0 bridgehead atoms. The Labute approximate surface area is 118 Å². The van der Waals surface area contributed by atoms with Crippen molar-refractivity contribution >= 4 is 9.84 Å². The molecule has 1 saturated carbocycles. The Morgan fingerprint density at radius 1 is 1.05 bits per heavy atom. The van der Waals surface area contributed by atoms with Gasteiger partial charge in [-0.1, -0.05) is 32.6 Å². The first kappa shape index (κ1) is 15.3. The predicted octanol–water partition coefficient (Wildman–Crippen LogP) is 2.90. The van der Waals surface area contributed by atoms with E-state index in [4.69, 9.17) is 0 Å². The summed E-state index contributed by atoms with van der Waals surface area (Å²) in [6, 6.07) is 0.213. The van der Waals surface area contributed by atoms with Gasteiger partial charge in [-0.3, -0.25) is 0 Å². The van der Waals surface area contributed by atoms with E-state index in [9.17, 15) is 8.42 Å². The van der Waals surface area contributed by atoms with E-state index in [-0.39, 0.29) is 11.3 Å². The third kappa shape index (κ3) is 3.94. The van der Waals surface area contributed by atoms with Crippen molar-refractivity contribution in [1.29, 1.82) is 0 Å². The molecule has 0 aromatic rings. The van der Waals surface area contributed by atoms with Crippen LogP contribution in [-0.2, 0) is 9.84 Å². The molecule has 2 aliphatic rings. The van der Waals surface area contributed by atoms with E-state index in [0.29, 0.717) is 11.7 Å². The fourth-order valence-electron chi connectivity index (χ4n) is 3.79. The standard InChI is InChI=1S/C15H29NO2S/c1-2-11-16-15(13-8-4-3-5-9-13)14-10-6-7-12-19(14,17)18/h13-16H,2-12H2,1H3. The van der Waals surface area contributed by atoms with Gasteiger partial charge >= 0.3 is 0 Å². The monoisotopic (exact) mass is 287 g/mol. The first-order valence-corrected chi connectivity index (χ1v) is 9.81. The van der Waals surface area contributed by atoms with Gasteiger partial charge in [0, 0.05) is 6.04 Å². The molecule has 0 aromatic carbocycles. The average molecular weight is 287 g/mol. The summed E-state index contributed by atoms with van der Waals surface area (Å²) in [6.07, 6.45) is 10.2. The van der Waals surface area contributed by atoms with Gasteiger partial charge in [-0.2, -0.15) is 0 Å². The van der Waals surface area contributed by atoms with Crippen LogP contribution >= 0.6 is 0 Å². The highest BCUT2D eigenvalue weighted by Crippen LogP contribution is 2.33. The molecule has 0 spiro atoms. The average Bonchev–Trinajstić information content (AvgIpc) is 2.42. The van der Waals surface area contributed by atoms with Gasteiger partial charge in [-0.05, 0) is 44.6 Å². The van der Waals surface area contributed by atoms with Crippen LogP contribution in [0.4, 0.5) is 0 Å². The van der Waals surface area contributed by atoms with Crippen LogP contribution in [-0.4, -0.2) is 32.0 Å². The van der Waals surface area contributed by atoms with Crippen molar-refractivity contribution in [1.82, 2.24) is 5.32 Å². The Kier molecular flexibility index (Phi) is 5.70. The first-order chi connectivity index (χ1) is 9.15. The van der Waals surface area contributed by atoms with Gasteiger partial charge in [0.25, 0.3) is 0 Å². The van der Waals surface area contributed by atoms with E-state index in [1.165, 1.54) is 32.1 Å². The molecular formula is C15H29NO2S. The molecule has 2 atom stereocenters. The summed E-state index contributed by atoms with van der Waals surface area (Å²) < 4.78 is 24.8. The molecule has 3 nitrogen and oxygen atoms in total. The summed E-state index contributed by atoms with van der Waals surface area (Å²) in [7, 11) is -2.87. The highest BCUT2D eigenvalue weighted by atomic mass is 32.2. The van der Waals surface area contributed by atoms with Gasteiger partial charge in [0.1, 0.15) is 0 Å². The third-order valence-corrected chi connectivity index (χ3v) is 7.13. The lowest BCUT2D eigenvalue weighted by Crippen LogP contribution is -2.51. The largest absolute Gasteiger partial charge is 0.312 e. The molecule has 2 unspecified atom stereocenters. The van der Waals surface area contributed by atoms with Crippen LogP contribution in [0.25, 0.3) is 0 Å². The second-order valence-electron chi connectivity index (χ2n) is 6.28. The molecule has 1 heterocycles. The zero-order chi connectivity index (χ0) is 13.7. The van der Waals surface area contributed by atoms with E-state index in [1.807, 2.05) is 0 Å². The van der Waals surface area contributed by atoms with Crippen LogP contribution in [0, 0.1) is 5.92 Å². The maximum atomic E-state index is 12.4. The third-order valence-electron chi connectivity index (χ3n) is 4.82. The topological polar surface area (TPSA) is 46.2 Å².